The molecule has 0 radical (unpaired) electrons. The first kappa shape index (κ1) is 18.8. The Morgan fingerprint density at radius 2 is 1.85 bits per heavy atom. The molecule has 1 aromatic carbocycles. The number of aliphatic hydroxyl groups excluding tert-OH is 3. The number of carbonyl (C=O) groups is 1. The summed E-state index contributed by atoms with van der Waals surface area (Å²) in [5, 5.41) is 30.0. The fraction of sp³-hybridized carbons (Fsp3) is 0.400. The lowest BCUT2D eigenvalue weighted by Crippen LogP contribution is -2.61. The van der Waals surface area contributed by atoms with Crippen LogP contribution >= 0.6 is 0 Å². The number of ether oxygens (including phenoxy) is 2. The van der Waals surface area contributed by atoms with Gasteiger partial charge in [-0.25, -0.2) is 0 Å². The molecule has 0 spiro atoms. The Balaban J connectivity index is 1.94. The highest BCUT2D eigenvalue weighted by molar-refractivity contribution is 7.86. The van der Waals surface area contributed by atoms with E-state index < -0.39 is 40.2 Å². The van der Waals surface area contributed by atoms with Crippen molar-refractivity contribution in [2.24, 2.45) is 0 Å². The molecule has 3 rings (SSSR count). The lowest BCUT2D eigenvalue weighted by atomic mass is 10.1. The second-order valence-corrected chi connectivity index (χ2v) is 7.31. The number of ketones is 1. The van der Waals surface area contributed by atoms with Crippen LogP contribution in [0.1, 0.15) is 17.5 Å². The topological polar surface area (TPSA) is 164 Å². The molecule has 0 amide bonds. The van der Waals surface area contributed by atoms with Gasteiger partial charge < -0.3 is 29.2 Å². The van der Waals surface area contributed by atoms with Crippen LogP contribution in [0.5, 0.6) is 5.75 Å². The van der Waals surface area contributed by atoms with Crippen LogP contribution in [0.3, 0.4) is 0 Å². The number of benzene rings is 1. The number of furan rings is 1. The van der Waals surface area contributed by atoms with Gasteiger partial charge in [-0.3, -0.25) is 9.35 Å². The molecular weight excluding hydrogens is 372 g/mol. The van der Waals surface area contributed by atoms with Crippen molar-refractivity contribution in [3.63, 3.8) is 0 Å². The number of para-hydroxylation sites is 1. The average molecular weight is 388 g/mol. The van der Waals surface area contributed by atoms with Crippen molar-refractivity contribution < 1.29 is 47.0 Å². The second kappa shape index (κ2) is 6.61. The molecule has 1 saturated heterocycles. The minimum atomic E-state index is -4.90. The van der Waals surface area contributed by atoms with E-state index in [2.05, 4.69) is 0 Å². The number of aliphatic hydroxyl groups is 3. The Bertz CT molecular complexity index is 933. The maximum atomic E-state index is 11.4. The number of carbonyl (C=O) groups excluding carboxylic acids is 1. The third-order valence-electron chi connectivity index (χ3n) is 3.92. The van der Waals surface area contributed by atoms with Gasteiger partial charge in [0.15, 0.2) is 22.9 Å². The van der Waals surface area contributed by atoms with Crippen molar-refractivity contribution in [3.05, 3.63) is 30.0 Å². The van der Waals surface area contributed by atoms with Gasteiger partial charge in [0.25, 0.3) is 10.1 Å². The van der Waals surface area contributed by atoms with E-state index in [0.717, 1.165) is 0 Å². The zero-order valence-corrected chi connectivity index (χ0v) is 14.2. The lowest BCUT2D eigenvalue weighted by Gasteiger charge is -2.38. The highest BCUT2D eigenvalue weighted by Crippen LogP contribution is 2.32. The van der Waals surface area contributed by atoms with E-state index in [0.29, 0.717) is 5.39 Å². The molecule has 1 fully saturated rings. The van der Waals surface area contributed by atoms with Crippen molar-refractivity contribution in [2.45, 2.75) is 37.0 Å². The van der Waals surface area contributed by atoms with E-state index in [4.69, 9.17) is 18.4 Å². The minimum Gasteiger partial charge on any atom is -0.458 e. The molecule has 10 nitrogen and oxygen atoms in total. The van der Waals surface area contributed by atoms with Gasteiger partial charge in [-0.05, 0) is 12.1 Å². The first-order valence-electron chi connectivity index (χ1n) is 7.45. The van der Waals surface area contributed by atoms with E-state index in [1.807, 2.05) is 0 Å². The van der Waals surface area contributed by atoms with E-state index >= 15 is 0 Å². The van der Waals surface area contributed by atoms with Gasteiger partial charge in [0, 0.05) is 12.3 Å². The fourth-order valence-corrected chi connectivity index (χ4v) is 3.35. The number of hydrogen-bond acceptors (Lipinski definition) is 9. The van der Waals surface area contributed by atoms with E-state index in [1.165, 1.54) is 19.1 Å². The highest BCUT2D eigenvalue weighted by atomic mass is 32.2. The Morgan fingerprint density at radius 1 is 1.15 bits per heavy atom. The van der Waals surface area contributed by atoms with Crippen LogP contribution in [0.15, 0.2) is 28.7 Å². The van der Waals surface area contributed by atoms with Gasteiger partial charge in [-0.1, -0.05) is 12.1 Å². The summed E-state index contributed by atoms with van der Waals surface area (Å²) in [5.74, 6) is -0.268. The standard InChI is InChI=1S/C15H16O10S/c1-6(16)9-5-7-3-2-4-8(13(7)23-9)24-14-11(18)10(17)12(19)15(25-14)26(20,21)22/h2-5,10-12,14-15,17-19H,1H3,(H,20,21,22)/t10-,11-,12+,14-,15?/m1/s1. The van der Waals surface area contributed by atoms with Crippen LogP contribution in [-0.2, 0) is 14.9 Å². The Hall–Kier alpha value is -2.02. The van der Waals surface area contributed by atoms with Crippen LogP contribution in [0.25, 0.3) is 11.0 Å². The molecule has 1 aliphatic rings. The molecule has 26 heavy (non-hydrogen) atoms. The van der Waals surface area contributed by atoms with Crippen molar-refractivity contribution in [1.29, 1.82) is 0 Å². The van der Waals surface area contributed by atoms with Crippen molar-refractivity contribution in [3.8, 4) is 5.75 Å². The zero-order chi connectivity index (χ0) is 19.2. The molecule has 142 valence electrons. The van der Waals surface area contributed by atoms with Gasteiger partial charge in [0.1, 0.15) is 18.3 Å². The Kier molecular flexibility index (Phi) is 4.77. The molecule has 1 unspecified atom stereocenters. The summed E-state index contributed by atoms with van der Waals surface area (Å²) in [6.07, 6.45) is -7.59. The van der Waals surface area contributed by atoms with E-state index in [-0.39, 0.29) is 22.9 Å². The maximum absolute atomic E-state index is 11.4. The Labute approximate surface area is 147 Å². The average Bonchev–Trinajstić information content (AvgIpc) is 2.99. The first-order chi connectivity index (χ1) is 12.1. The molecule has 11 heteroatoms. The molecule has 2 aromatic rings. The molecule has 1 aliphatic heterocycles. The SMILES string of the molecule is CC(=O)c1cc2cccc(O[C@@H]3OC(S(=O)(=O)O)[C@@H](O)[C@H](O)[C@H]3O)c2o1. The summed E-state index contributed by atoms with van der Waals surface area (Å²) < 4.78 is 47.4. The van der Waals surface area contributed by atoms with Gasteiger partial charge in [-0.2, -0.15) is 8.42 Å². The third-order valence-corrected chi connectivity index (χ3v) is 4.89. The Morgan fingerprint density at radius 3 is 2.46 bits per heavy atom. The van der Waals surface area contributed by atoms with E-state index in [9.17, 15) is 28.5 Å². The number of rotatable bonds is 4. The number of hydrogen-bond donors (Lipinski definition) is 4. The van der Waals surface area contributed by atoms with Gasteiger partial charge >= 0.3 is 0 Å². The lowest BCUT2D eigenvalue weighted by molar-refractivity contribution is -0.254. The summed E-state index contributed by atoms with van der Waals surface area (Å²) in [4.78, 5) is 11.4. The van der Waals surface area contributed by atoms with Gasteiger partial charge in [-0.15, -0.1) is 0 Å². The van der Waals surface area contributed by atoms with Crippen molar-refractivity contribution >= 4 is 26.9 Å². The van der Waals surface area contributed by atoms with Crippen LogP contribution in [0, 0.1) is 0 Å². The van der Waals surface area contributed by atoms with Crippen LogP contribution in [0.2, 0.25) is 0 Å². The molecule has 2 heterocycles. The number of Topliss-reactive ketones (excluding diaryl/α,β-unsaturated/α-hetero) is 1. The van der Waals surface area contributed by atoms with Crippen molar-refractivity contribution in [1.82, 2.24) is 0 Å². The van der Waals surface area contributed by atoms with Crippen LogP contribution < -0.4 is 4.74 Å². The number of fused-ring (bicyclic) bond motifs is 1. The molecule has 0 bridgehead atoms. The molecule has 4 N–H and O–H groups in total. The summed E-state index contributed by atoms with van der Waals surface area (Å²) >= 11 is 0. The smallest absolute Gasteiger partial charge is 0.295 e. The summed E-state index contributed by atoms with van der Waals surface area (Å²) in [6.45, 7) is 1.31. The predicted molar refractivity (Wildman–Crippen MR) is 85.1 cm³/mol. The monoisotopic (exact) mass is 388 g/mol. The maximum Gasteiger partial charge on any atom is 0.295 e. The molecule has 0 aliphatic carbocycles. The quantitative estimate of drug-likeness (QED) is 0.402. The van der Waals surface area contributed by atoms with Gasteiger partial charge in [0.2, 0.25) is 11.7 Å². The van der Waals surface area contributed by atoms with Gasteiger partial charge in [0.05, 0.1) is 0 Å². The third kappa shape index (κ3) is 3.32. The summed E-state index contributed by atoms with van der Waals surface area (Å²) in [6, 6.07) is 6.07. The highest BCUT2D eigenvalue weighted by Gasteiger charge is 2.50. The largest absolute Gasteiger partial charge is 0.458 e. The normalized spacial score (nSPS) is 29.7. The van der Waals surface area contributed by atoms with E-state index in [1.54, 1.807) is 12.1 Å². The molecule has 5 atom stereocenters. The summed E-state index contributed by atoms with van der Waals surface area (Å²) in [7, 11) is -4.90. The molecular formula is C15H16O10S. The van der Waals surface area contributed by atoms with Crippen molar-refractivity contribution in [2.75, 3.05) is 0 Å². The van der Waals surface area contributed by atoms with Crippen LogP contribution in [0.4, 0.5) is 0 Å². The minimum absolute atomic E-state index is 0.00303. The fourth-order valence-electron chi connectivity index (χ4n) is 2.59. The molecule has 0 saturated carbocycles. The summed E-state index contributed by atoms with van der Waals surface area (Å²) in [5.41, 5.74) is -2.08. The van der Waals surface area contributed by atoms with Crippen LogP contribution in [-0.4, -0.2) is 64.1 Å². The second-order valence-electron chi connectivity index (χ2n) is 5.82. The first-order valence-corrected chi connectivity index (χ1v) is 8.96. The zero-order valence-electron chi connectivity index (χ0n) is 13.3. The predicted octanol–water partition coefficient (Wildman–Crippen LogP) is -0.333. The molecule has 1 aromatic heterocycles.